The Kier molecular flexibility index (Phi) is 12.3. The maximum atomic E-state index is 12.4. The molecule has 6 atom stereocenters. The molecular weight excluding hydrogens is 737 g/mol. The molecule has 6 unspecified atom stereocenters. The molecule has 3 aliphatic heterocycles. The topological polar surface area (TPSA) is 178 Å². The standard InChI is InChI=1S/C46H54N4O8/c51-44(52)39(32-10-13-47-22-32)17-28-4-1-5-29(16-28)25-50(26-35-8-2-6-30-18-37(57-42(30)35)20-40(45(53)54)33-11-14-48-23-33)27-36-9-3-7-31-19-38(58-43(31)36)21-41(46(55)56)34-12-15-49-24-34/h1-9,16,18-19,32-34,39-41,47-49H,10-15,17,20-27H2,(H,51,52)(H,53,54)(H,55,56). The fourth-order valence-corrected chi connectivity index (χ4v) is 9.68. The molecule has 0 saturated carbocycles. The Bertz CT molecular complexity index is 2110. The van der Waals surface area contributed by atoms with Crippen molar-refractivity contribution in [3.63, 3.8) is 0 Å². The molecule has 0 spiro atoms. The highest BCUT2D eigenvalue weighted by Crippen LogP contribution is 2.33. The van der Waals surface area contributed by atoms with Gasteiger partial charge in [0.1, 0.15) is 22.7 Å². The number of nitrogens with zero attached hydrogens (tertiary/aromatic N) is 1. The van der Waals surface area contributed by atoms with Crippen LogP contribution in [0.1, 0.15) is 53.0 Å². The molecular formula is C46H54N4O8. The van der Waals surface area contributed by atoms with E-state index >= 15 is 0 Å². The van der Waals surface area contributed by atoms with Crippen molar-refractivity contribution in [2.75, 3.05) is 39.3 Å². The lowest BCUT2D eigenvalue weighted by molar-refractivity contribution is -0.144. The van der Waals surface area contributed by atoms with E-state index in [1.165, 1.54) is 0 Å². The van der Waals surface area contributed by atoms with Crippen molar-refractivity contribution in [1.82, 2.24) is 20.9 Å². The minimum absolute atomic E-state index is 0.0524. The second kappa shape index (κ2) is 17.9. The molecule has 5 heterocycles. The Morgan fingerprint density at radius 1 is 0.569 bits per heavy atom. The van der Waals surface area contributed by atoms with Crippen LogP contribution in [0.15, 0.2) is 81.6 Å². The van der Waals surface area contributed by atoms with Gasteiger partial charge in [0.15, 0.2) is 0 Å². The number of carboxylic acid groups (broad SMARTS) is 3. The highest BCUT2D eigenvalue weighted by molar-refractivity contribution is 5.82. The smallest absolute Gasteiger partial charge is 0.307 e. The van der Waals surface area contributed by atoms with Gasteiger partial charge < -0.3 is 40.1 Å². The van der Waals surface area contributed by atoms with Gasteiger partial charge in [-0.05, 0) is 106 Å². The molecule has 3 fully saturated rings. The zero-order valence-corrected chi connectivity index (χ0v) is 32.8. The first-order valence-corrected chi connectivity index (χ1v) is 20.8. The highest BCUT2D eigenvalue weighted by Gasteiger charge is 2.34. The Labute approximate surface area is 338 Å². The van der Waals surface area contributed by atoms with E-state index in [0.29, 0.717) is 70.1 Å². The number of fused-ring (bicyclic) bond motifs is 2. The van der Waals surface area contributed by atoms with Gasteiger partial charge in [0.05, 0.1) is 17.8 Å². The summed E-state index contributed by atoms with van der Waals surface area (Å²) in [6, 6.07) is 24.3. The number of nitrogens with one attached hydrogen (secondary N) is 3. The van der Waals surface area contributed by atoms with Gasteiger partial charge in [-0.25, -0.2) is 0 Å². The lowest BCUT2D eigenvalue weighted by atomic mass is 9.86. The van der Waals surface area contributed by atoms with E-state index in [0.717, 1.165) is 83.1 Å². The first-order valence-electron chi connectivity index (χ1n) is 20.8. The van der Waals surface area contributed by atoms with E-state index in [2.05, 4.69) is 45.1 Å². The van der Waals surface area contributed by atoms with Gasteiger partial charge in [-0.15, -0.1) is 0 Å². The average Bonchev–Trinajstić information content (AvgIpc) is 4.06. The van der Waals surface area contributed by atoms with Gasteiger partial charge in [-0.1, -0.05) is 60.7 Å². The number of aliphatic carboxylic acids is 3. The molecule has 3 saturated heterocycles. The quantitative estimate of drug-likeness (QED) is 0.0617. The minimum Gasteiger partial charge on any atom is -0.481 e. The molecule has 12 nitrogen and oxygen atoms in total. The SMILES string of the molecule is O=C(O)C(Cc1cccc(CN(Cc2cccc3cc(CC(C(=O)O)C4CCNC4)oc23)Cc2cccc3cc(CC(C(=O)O)C4CCNC4)oc23)c1)C1CCNC1. The number of para-hydroxylation sites is 2. The molecule has 12 heteroatoms. The molecule has 306 valence electrons. The number of carboxylic acids is 3. The number of hydrogen-bond donors (Lipinski definition) is 6. The van der Waals surface area contributed by atoms with Crippen LogP contribution in [-0.2, 0) is 53.3 Å². The summed E-state index contributed by atoms with van der Waals surface area (Å²) in [5.74, 6) is -2.39. The second-order valence-corrected chi connectivity index (χ2v) is 16.8. The van der Waals surface area contributed by atoms with Gasteiger partial charge in [0.2, 0.25) is 0 Å². The van der Waals surface area contributed by atoms with E-state index in [1.54, 1.807) is 0 Å². The van der Waals surface area contributed by atoms with Gasteiger partial charge in [0, 0.05) is 54.4 Å². The maximum absolute atomic E-state index is 12.4. The van der Waals surface area contributed by atoms with Gasteiger partial charge in [-0.2, -0.15) is 0 Å². The van der Waals surface area contributed by atoms with Crippen molar-refractivity contribution in [1.29, 1.82) is 0 Å². The normalized spacial score (nSPS) is 21.2. The largest absolute Gasteiger partial charge is 0.481 e. The van der Waals surface area contributed by atoms with Crippen LogP contribution in [0.25, 0.3) is 21.9 Å². The maximum Gasteiger partial charge on any atom is 0.307 e. The molecule has 8 rings (SSSR count). The van der Waals surface area contributed by atoms with Crippen molar-refractivity contribution in [2.45, 2.75) is 58.2 Å². The van der Waals surface area contributed by atoms with Gasteiger partial charge in [0.25, 0.3) is 0 Å². The monoisotopic (exact) mass is 790 g/mol. The molecule has 0 bridgehead atoms. The summed E-state index contributed by atoms with van der Waals surface area (Å²) in [6.45, 7) is 6.15. The van der Waals surface area contributed by atoms with E-state index < -0.39 is 35.7 Å². The van der Waals surface area contributed by atoms with Crippen LogP contribution in [0.2, 0.25) is 0 Å². The van der Waals surface area contributed by atoms with Crippen molar-refractivity contribution >= 4 is 39.8 Å². The molecule has 2 aromatic heterocycles. The first-order chi connectivity index (χ1) is 28.2. The fourth-order valence-electron chi connectivity index (χ4n) is 9.68. The van der Waals surface area contributed by atoms with E-state index in [1.807, 2.05) is 48.5 Å². The van der Waals surface area contributed by atoms with Crippen LogP contribution in [0, 0.1) is 35.5 Å². The van der Waals surface area contributed by atoms with E-state index in [-0.39, 0.29) is 17.8 Å². The van der Waals surface area contributed by atoms with Crippen LogP contribution in [-0.4, -0.2) is 77.4 Å². The fraction of sp³-hybridized carbons (Fsp3) is 0.457. The molecule has 6 N–H and O–H groups in total. The van der Waals surface area contributed by atoms with Gasteiger partial charge >= 0.3 is 17.9 Å². The van der Waals surface area contributed by atoms with Crippen LogP contribution >= 0.6 is 0 Å². The molecule has 0 aliphatic carbocycles. The zero-order valence-electron chi connectivity index (χ0n) is 32.8. The van der Waals surface area contributed by atoms with Crippen LogP contribution in [0.3, 0.4) is 0 Å². The lowest BCUT2D eigenvalue weighted by Crippen LogP contribution is -2.27. The van der Waals surface area contributed by atoms with Crippen LogP contribution < -0.4 is 16.0 Å². The summed E-state index contributed by atoms with van der Waals surface area (Å²) in [5.41, 5.74) is 5.45. The molecule has 0 radical (unpaired) electrons. The minimum atomic E-state index is -0.804. The number of hydrogen-bond acceptors (Lipinski definition) is 9. The Balaban J connectivity index is 1.09. The van der Waals surface area contributed by atoms with Crippen molar-refractivity contribution in [3.05, 3.63) is 107 Å². The lowest BCUT2D eigenvalue weighted by Gasteiger charge is -2.24. The zero-order chi connectivity index (χ0) is 40.2. The Morgan fingerprint density at radius 2 is 1.00 bits per heavy atom. The van der Waals surface area contributed by atoms with Gasteiger partial charge in [-0.3, -0.25) is 19.3 Å². The molecule has 3 aromatic carbocycles. The Hall–Kier alpha value is -5.01. The van der Waals surface area contributed by atoms with Crippen molar-refractivity contribution < 1.29 is 38.5 Å². The van der Waals surface area contributed by atoms with Crippen LogP contribution in [0.5, 0.6) is 0 Å². The number of rotatable bonds is 18. The summed E-state index contributed by atoms with van der Waals surface area (Å²) in [7, 11) is 0. The summed E-state index contributed by atoms with van der Waals surface area (Å²) in [5, 5.41) is 42.2. The van der Waals surface area contributed by atoms with Crippen LogP contribution in [0.4, 0.5) is 0 Å². The third-order valence-electron chi connectivity index (χ3n) is 12.8. The van der Waals surface area contributed by atoms with E-state index in [9.17, 15) is 29.7 Å². The second-order valence-electron chi connectivity index (χ2n) is 16.8. The predicted octanol–water partition coefficient (Wildman–Crippen LogP) is 5.94. The predicted molar refractivity (Wildman–Crippen MR) is 219 cm³/mol. The van der Waals surface area contributed by atoms with Crippen molar-refractivity contribution in [2.24, 2.45) is 35.5 Å². The highest BCUT2D eigenvalue weighted by atomic mass is 16.4. The number of benzene rings is 3. The molecule has 58 heavy (non-hydrogen) atoms. The van der Waals surface area contributed by atoms with Crippen molar-refractivity contribution in [3.8, 4) is 0 Å². The first kappa shape index (κ1) is 39.8. The third-order valence-corrected chi connectivity index (χ3v) is 12.8. The number of furan rings is 2. The third kappa shape index (κ3) is 9.15. The summed E-state index contributed by atoms with van der Waals surface area (Å²) in [4.78, 5) is 39.4. The number of carbonyl (C=O) groups is 3. The molecule has 0 amide bonds. The molecule has 5 aromatic rings. The van der Waals surface area contributed by atoms with E-state index in [4.69, 9.17) is 8.83 Å². The average molecular weight is 791 g/mol. The molecule has 3 aliphatic rings. The summed E-state index contributed by atoms with van der Waals surface area (Å²) < 4.78 is 13.0. The Morgan fingerprint density at radius 3 is 1.43 bits per heavy atom. The summed E-state index contributed by atoms with van der Waals surface area (Å²) >= 11 is 0. The summed E-state index contributed by atoms with van der Waals surface area (Å²) in [6.07, 6.45) is 3.62.